The minimum Gasteiger partial charge on any atom is -0.343 e. The molecule has 4 rings (SSSR count). The highest BCUT2D eigenvalue weighted by Gasteiger charge is 2.37. The molecule has 1 atom stereocenters. The molecule has 0 saturated carbocycles. The van der Waals surface area contributed by atoms with E-state index in [9.17, 15) is 9.18 Å². The fourth-order valence-corrected chi connectivity index (χ4v) is 3.99. The van der Waals surface area contributed by atoms with Gasteiger partial charge in [-0.1, -0.05) is 5.16 Å². The van der Waals surface area contributed by atoms with Crippen LogP contribution in [0, 0.1) is 5.82 Å². The van der Waals surface area contributed by atoms with Crippen molar-refractivity contribution < 1.29 is 13.7 Å². The van der Waals surface area contributed by atoms with Crippen LogP contribution in [0.2, 0.25) is 0 Å². The van der Waals surface area contributed by atoms with Gasteiger partial charge in [0.25, 0.3) is 0 Å². The van der Waals surface area contributed by atoms with Gasteiger partial charge in [-0.15, -0.1) is 0 Å². The first-order valence-corrected chi connectivity index (χ1v) is 9.08. The Labute approximate surface area is 151 Å². The molecule has 4 heterocycles. The summed E-state index contributed by atoms with van der Waals surface area (Å²) in [6.45, 7) is 4.24. The molecule has 2 aliphatic heterocycles. The number of nitrogens with zero attached hydrogens (tertiary/aromatic N) is 5. The van der Waals surface area contributed by atoms with Crippen molar-refractivity contribution in [3.05, 3.63) is 30.0 Å². The van der Waals surface area contributed by atoms with Crippen molar-refractivity contribution in [3.63, 3.8) is 0 Å². The topological polar surface area (TPSA) is 75.4 Å². The van der Waals surface area contributed by atoms with E-state index in [4.69, 9.17) is 4.52 Å². The lowest BCUT2D eigenvalue weighted by atomic mass is 10.0. The number of halogens is 1. The van der Waals surface area contributed by atoms with Crippen LogP contribution in [0.25, 0.3) is 11.5 Å². The van der Waals surface area contributed by atoms with E-state index in [1.807, 2.05) is 4.90 Å². The Balaban J connectivity index is 1.47. The van der Waals surface area contributed by atoms with E-state index in [0.29, 0.717) is 23.5 Å². The minimum absolute atomic E-state index is 0.102. The van der Waals surface area contributed by atoms with Crippen molar-refractivity contribution in [2.24, 2.45) is 0 Å². The number of likely N-dealkylation sites (tertiary alicyclic amines) is 2. The van der Waals surface area contributed by atoms with E-state index >= 15 is 0 Å². The molecule has 0 radical (unpaired) electrons. The van der Waals surface area contributed by atoms with Crippen molar-refractivity contribution in [2.45, 2.75) is 44.7 Å². The second-order valence-corrected chi connectivity index (χ2v) is 6.95. The lowest BCUT2D eigenvalue weighted by Crippen LogP contribution is -2.46. The van der Waals surface area contributed by atoms with Gasteiger partial charge in [-0.3, -0.25) is 9.69 Å². The Morgan fingerprint density at radius 2 is 2.04 bits per heavy atom. The summed E-state index contributed by atoms with van der Waals surface area (Å²) < 4.78 is 18.5. The first-order valence-electron chi connectivity index (χ1n) is 9.08. The smallest absolute Gasteiger partial charge is 0.244 e. The molecule has 0 N–H and O–H groups in total. The van der Waals surface area contributed by atoms with Gasteiger partial charge in [0, 0.05) is 26.1 Å². The lowest BCUT2D eigenvalue weighted by molar-refractivity contribution is -0.130. The predicted molar refractivity (Wildman–Crippen MR) is 91.4 cm³/mol. The summed E-state index contributed by atoms with van der Waals surface area (Å²) in [5, 5.41) is 4.02. The summed E-state index contributed by atoms with van der Waals surface area (Å²) in [6.07, 6.45) is 5.15. The molecule has 8 heteroatoms. The van der Waals surface area contributed by atoms with E-state index in [0.717, 1.165) is 51.5 Å². The Kier molecular flexibility index (Phi) is 4.67. The third-order valence-electron chi connectivity index (χ3n) is 5.36. The number of rotatable bonds is 3. The van der Waals surface area contributed by atoms with Gasteiger partial charge in [0.15, 0.2) is 0 Å². The van der Waals surface area contributed by atoms with Crippen LogP contribution >= 0.6 is 0 Å². The number of aromatic nitrogens is 3. The summed E-state index contributed by atoms with van der Waals surface area (Å²) in [4.78, 5) is 24.4. The minimum atomic E-state index is -0.392. The zero-order valence-corrected chi connectivity index (χ0v) is 14.8. The van der Waals surface area contributed by atoms with Crippen LogP contribution < -0.4 is 0 Å². The molecule has 1 amide bonds. The first kappa shape index (κ1) is 17.1. The third kappa shape index (κ3) is 3.33. The summed E-state index contributed by atoms with van der Waals surface area (Å²) in [7, 11) is 0. The monoisotopic (exact) mass is 359 g/mol. The van der Waals surface area contributed by atoms with Crippen molar-refractivity contribution >= 4 is 5.91 Å². The molecule has 26 heavy (non-hydrogen) atoms. The predicted octanol–water partition coefficient (Wildman–Crippen LogP) is 2.42. The van der Waals surface area contributed by atoms with E-state index in [1.165, 1.54) is 6.07 Å². The molecule has 2 aromatic heterocycles. The van der Waals surface area contributed by atoms with Gasteiger partial charge in [-0.2, -0.15) is 4.98 Å². The molecule has 138 valence electrons. The molecular formula is C18H22FN5O2. The highest BCUT2D eigenvalue weighted by Crippen LogP contribution is 2.36. The second kappa shape index (κ2) is 7.11. The average Bonchev–Trinajstić information content (AvgIpc) is 3.31. The van der Waals surface area contributed by atoms with Crippen molar-refractivity contribution in [1.82, 2.24) is 24.9 Å². The maximum Gasteiger partial charge on any atom is 0.244 e. The van der Waals surface area contributed by atoms with Crippen LogP contribution in [-0.4, -0.2) is 56.5 Å². The van der Waals surface area contributed by atoms with E-state index < -0.39 is 5.82 Å². The van der Waals surface area contributed by atoms with Crippen LogP contribution in [0.3, 0.4) is 0 Å². The number of carbonyl (C=O) groups excluding carboxylic acids is 1. The molecule has 7 nitrogen and oxygen atoms in total. The third-order valence-corrected chi connectivity index (χ3v) is 5.36. The number of hydrogen-bond donors (Lipinski definition) is 0. The Hall–Kier alpha value is -2.35. The summed E-state index contributed by atoms with van der Waals surface area (Å²) >= 11 is 0. The van der Waals surface area contributed by atoms with Crippen LogP contribution in [-0.2, 0) is 4.79 Å². The maximum atomic E-state index is 13.0. The highest BCUT2D eigenvalue weighted by molar-refractivity contribution is 5.73. The highest BCUT2D eigenvalue weighted by atomic mass is 19.1. The van der Waals surface area contributed by atoms with E-state index in [2.05, 4.69) is 20.0 Å². The van der Waals surface area contributed by atoms with Crippen molar-refractivity contribution in [1.29, 1.82) is 0 Å². The van der Waals surface area contributed by atoms with Crippen LogP contribution in [0.1, 0.15) is 44.5 Å². The van der Waals surface area contributed by atoms with Gasteiger partial charge in [0.2, 0.25) is 17.6 Å². The molecule has 0 aromatic carbocycles. The largest absolute Gasteiger partial charge is 0.343 e. The molecule has 0 unspecified atom stereocenters. The fourth-order valence-electron chi connectivity index (χ4n) is 3.99. The number of pyridine rings is 1. The summed E-state index contributed by atoms with van der Waals surface area (Å²) in [6, 6.07) is 3.42. The standard InChI is InChI=1S/C18H22FN5O2/c1-12(25)23-9-6-14(7-10-23)24-8-2-3-16(24)18-21-17(22-26-18)15-5-4-13(19)11-20-15/h4-5,11,14,16H,2-3,6-10H2,1H3/t16-/m0/s1. The average molecular weight is 359 g/mol. The maximum absolute atomic E-state index is 13.0. The molecule has 0 spiro atoms. The van der Waals surface area contributed by atoms with Gasteiger partial charge >= 0.3 is 0 Å². The summed E-state index contributed by atoms with van der Waals surface area (Å²) in [5.74, 6) is 0.738. The molecule has 2 saturated heterocycles. The fraction of sp³-hybridized carbons (Fsp3) is 0.556. The van der Waals surface area contributed by atoms with Crippen molar-refractivity contribution in [2.75, 3.05) is 19.6 Å². The molecule has 2 aliphatic rings. The van der Waals surface area contributed by atoms with E-state index in [-0.39, 0.29) is 11.9 Å². The van der Waals surface area contributed by atoms with Gasteiger partial charge in [0.1, 0.15) is 11.5 Å². The van der Waals surface area contributed by atoms with Crippen molar-refractivity contribution in [3.8, 4) is 11.5 Å². The number of amides is 1. The van der Waals surface area contributed by atoms with Gasteiger partial charge in [0.05, 0.1) is 12.2 Å². The van der Waals surface area contributed by atoms with Gasteiger partial charge < -0.3 is 9.42 Å². The number of hydrogen-bond acceptors (Lipinski definition) is 6. The Bertz CT molecular complexity index is 770. The number of carbonyl (C=O) groups is 1. The van der Waals surface area contributed by atoms with Gasteiger partial charge in [-0.05, 0) is 44.4 Å². The Morgan fingerprint density at radius 3 is 2.73 bits per heavy atom. The van der Waals surface area contributed by atoms with Crippen LogP contribution in [0.5, 0.6) is 0 Å². The molecular weight excluding hydrogens is 337 g/mol. The first-order chi connectivity index (χ1) is 12.6. The summed E-state index contributed by atoms with van der Waals surface area (Å²) in [5.41, 5.74) is 0.501. The molecule has 2 fully saturated rings. The van der Waals surface area contributed by atoms with Crippen LogP contribution in [0.4, 0.5) is 4.39 Å². The zero-order chi connectivity index (χ0) is 18.1. The van der Waals surface area contributed by atoms with E-state index in [1.54, 1.807) is 13.0 Å². The quantitative estimate of drug-likeness (QED) is 0.838. The van der Waals surface area contributed by atoms with Gasteiger partial charge in [-0.25, -0.2) is 9.37 Å². The zero-order valence-electron chi connectivity index (χ0n) is 14.8. The van der Waals surface area contributed by atoms with Crippen LogP contribution in [0.15, 0.2) is 22.9 Å². The number of piperidine rings is 1. The second-order valence-electron chi connectivity index (χ2n) is 6.95. The molecule has 0 aliphatic carbocycles. The normalized spacial score (nSPS) is 22.1. The SMILES string of the molecule is CC(=O)N1CCC(N2CCC[C@H]2c2nc(-c3ccc(F)cn3)no2)CC1. The lowest BCUT2D eigenvalue weighted by Gasteiger charge is -2.38. The molecule has 0 bridgehead atoms. The Morgan fingerprint density at radius 1 is 1.23 bits per heavy atom. The molecule has 2 aromatic rings.